The van der Waals surface area contributed by atoms with Crippen LogP contribution in [-0.2, 0) is 10.0 Å². The number of rotatable bonds is 8. The molecule has 0 spiro atoms. The van der Waals surface area contributed by atoms with Gasteiger partial charge in [0.2, 0.25) is 10.0 Å². The highest BCUT2D eigenvalue weighted by Crippen LogP contribution is 2.24. The molecule has 0 unspecified atom stereocenters. The highest BCUT2D eigenvalue weighted by atomic mass is 32.2. The van der Waals surface area contributed by atoms with Gasteiger partial charge in [-0.2, -0.15) is 0 Å². The summed E-state index contributed by atoms with van der Waals surface area (Å²) >= 11 is 0. The molecule has 1 amide bonds. The molecule has 0 heterocycles. The number of sulfonamides is 1. The van der Waals surface area contributed by atoms with Gasteiger partial charge in [0.1, 0.15) is 23.1 Å². The number of benzene rings is 2. The SMILES string of the molecule is O=C(NCCOc1ccccc1)c1ccc(F)c(S(=O)(=O)NC2CC2)c1. The van der Waals surface area contributed by atoms with Gasteiger partial charge in [-0.05, 0) is 43.2 Å². The summed E-state index contributed by atoms with van der Waals surface area (Å²) in [5.74, 6) is -0.699. The zero-order valence-corrected chi connectivity index (χ0v) is 14.8. The summed E-state index contributed by atoms with van der Waals surface area (Å²) in [5, 5.41) is 2.62. The first-order valence-corrected chi connectivity index (χ1v) is 9.72. The molecule has 1 saturated carbocycles. The lowest BCUT2D eigenvalue weighted by molar-refractivity contribution is 0.0946. The van der Waals surface area contributed by atoms with Crippen molar-refractivity contribution in [3.05, 3.63) is 59.9 Å². The van der Waals surface area contributed by atoms with Gasteiger partial charge < -0.3 is 10.1 Å². The molecule has 8 heteroatoms. The second-order valence-corrected chi connectivity index (χ2v) is 7.64. The first kappa shape index (κ1) is 18.3. The second-order valence-electron chi connectivity index (χ2n) is 5.96. The minimum absolute atomic E-state index is 0.0716. The summed E-state index contributed by atoms with van der Waals surface area (Å²) in [5.41, 5.74) is 0.0716. The Morgan fingerprint density at radius 3 is 2.58 bits per heavy atom. The van der Waals surface area contributed by atoms with Crippen molar-refractivity contribution in [2.24, 2.45) is 0 Å². The molecule has 0 saturated heterocycles. The zero-order chi connectivity index (χ0) is 18.6. The van der Waals surface area contributed by atoms with Crippen LogP contribution >= 0.6 is 0 Å². The van der Waals surface area contributed by atoms with E-state index in [0.717, 1.165) is 25.0 Å². The van der Waals surface area contributed by atoms with E-state index < -0.39 is 26.6 Å². The van der Waals surface area contributed by atoms with Gasteiger partial charge >= 0.3 is 0 Å². The molecule has 138 valence electrons. The first-order chi connectivity index (χ1) is 12.5. The molecule has 0 bridgehead atoms. The van der Waals surface area contributed by atoms with Gasteiger partial charge in [0.05, 0.1) is 6.54 Å². The average Bonchev–Trinajstić information content (AvgIpc) is 3.43. The molecule has 2 aromatic rings. The van der Waals surface area contributed by atoms with E-state index in [1.807, 2.05) is 18.2 Å². The molecule has 0 atom stereocenters. The topological polar surface area (TPSA) is 84.5 Å². The van der Waals surface area contributed by atoms with E-state index in [1.54, 1.807) is 12.1 Å². The third-order valence-corrected chi connectivity index (χ3v) is 5.32. The van der Waals surface area contributed by atoms with E-state index >= 15 is 0 Å². The van der Waals surface area contributed by atoms with Crippen molar-refractivity contribution >= 4 is 15.9 Å². The maximum Gasteiger partial charge on any atom is 0.251 e. The number of halogens is 1. The Labute approximate surface area is 151 Å². The lowest BCUT2D eigenvalue weighted by atomic mass is 10.2. The fraction of sp³-hybridized carbons (Fsp3) is 0.278. The number of ether oxygens (including phenoxy) is 1. The Kier molecular flexibility index (Phi) is 5.53. The Morgan fingerprint density at radius 2 is 1.88 bits per heavy atom. The van der Waals surface area contributed by atoms with Gasteiger partial charge in [0.25, 0.3) is 5.91 Å². The molecule has 6 nitrogen and oxygen atoms in total. The van der Waals surface area contributed by atoms with Crippen LogP contribution in [0.5, 0.6) is 5.75 Å². The third kappa shape index (κ3) is 4.80. The highest BCUT2D eigenvalue weighted by molar-refractivity contribution is 7.89. The predicted molar refractivity (Wildman–Crippen MR) is 94.0 cm³/mol. The minimum Gasteiger partial charge on any atom is -0.492 e. The van der Waals surface area contributed by atoms with Crippen LogP contribution in [0.25, 0.3) is 0 Å². The summed E-state index contributed by atoms with van der Waals surface area (Å²) in [6, 6.07) is 12.3. The van der Waals surface area contributed by atoms with E-state index in [-0.39, 0.29) is 24.8 Å². The van der Waals surface area contributed by atoms with E-state index in [9.17, 15) is 17.6 Å². The van der Waals surface area contributed by atoms with Gasteiger partial charge in [-0.3, -0.25) is 4.79 Å². The maximum atomic E-state index is 13.9. The normalized spacial score (nSPS) is 14.0. The minimum atomic E-state index is -3.97. The molecular weight excluding hydrogens is 359 g/mol. The molecule has 1 fully saturated rings. The van der Waals surface area contributed by atoms with E-state index in [4.69, 9.17) is 4.74 Å². The molecule has 3 rings (SSSR count). The smallest absolute Gasteiger partial charge is 0.251 e. The number of para-hydroxylation sites is 1. The molecular formula is C18H19FN2O4S. The van der Waals surface area contributed by atoms with Crippen LogP contribution in [0.3, 0.4) is 0 Å². The zero-order valence-electron chi connectivity index (χ0n) is 13.9. The predicted octanol–water partition coefficient (Wildman–Crippen LogP) is 2.08. The Balaban J connectivity index is 1.59. The lowest BCUT2D eigenvalue weighted by Gasteiger charge is -2.10. The monoisotopic (exact) mass is 378 g/mol. The molecule has 1 aliphatic carbocycles. The quantitative estimate of drug-likeness (QED) is 0.689. The number of carbonyl (C=O) groups is 1. The molecule has 0 aromatic heterocycles. The first-order valence-electron chi connectivity index (χ1n) is 8.23. The molecule has 0 aliphatic heterocycles. The van der Waals surface area contributed by atoms with Crippen LogP contribution in [-0.4, -0.2) is 33.5 Å². The van der Waals surface area contributed by atoms with Crippen LogP contribution < -0.4 is 14.8 Å². The Bertz CT molecular complexity index is 883. The number of hydrogen-bond acceptors (Lipinski definition) is 4. The molecule has 0 radical (unpaired) electrons. The molecule has 2 aromatic carbocycles. The van der Waals surface area contributed by atoms with Gasteiger partial charge in [-0.25, -0.2) is 17.5 Å². The fourth-order valence-corrected chi connectivity index (χ4v) is 3.70. The lowest BCUT2D eigenvalue weighted by Crippen LogP contribution is -2.29. The van der Waals surface area contributed by atoms with Gasteiger partial charge in [0, 0.05) is 11.6 Å². The number of amides is 1. The summed E-state index contributed by atoms with van der Waals surface area (Å²) in [6.07, 6.45) is 1.48. The van der Waals surface area contributed by atoms with Crippen LogP contribution in [0.4, 0.5) is 4.39 Å². The fourth-order valence-electron chi connectivity index (χ4n) is 2.29. The van der Waals surface area contributed by atoms with E-state index in [0.29, 0.717) is 5.75 Å². The van der Waals surface area contributed by atoms with Crippen molar-refractivity contribution in [3.8, 4) is 5.75 Å². The second kappa shape index (κ2) is 7.84. The van der Waals surface area contributed by atoms with Crippen LogP contribution in [0.15, 0.2) is 53.4 Å². The number of carbonyl (C=O) groups excluding carboxylic acids is 1. The Morgan fingerprint density at radius 1 is 1.15 bits per heavy atom. The molecule has 1 aliphatic rings. The van der Waals surface area contributed by atoms with Crippen LogP contribution in [0.2, 0.25) is 0 Å². The third-order valence-electron chi connectivity index (χ3n) is 3.78. The molecule has 2 N–H and O–H groups in total. The number of hydrogen-bond donors (Lipinski definition) is 2. The van der Waals surface area contributed by atoms with Crippen LogP contribution in [0.1, 0.15) is 23.2 Å². The van der Waals surface area contributed by atoms with E-state index in [1.165, 1.54) is 6.07 Å². The highest BCUT2D eigenvalue weighted by Gasteiger charge is 2.30. The van der Waals surface area contributed by atoms with Crippen molar-refractivity contribution in [2.75, 3.05) is 13.2 Å². The summed E-state index contributed by atoms with van der Waals surface area (Å²) < 4.78 is 46.2. The van der Waals surface area contributed by atoms with Gasteiger partial charge in [0.15, 0.2) is 0 Å². The van der Waals surface area contributed by atoms with Crippen molar-refractivity contribution in [2.45, 2.75) is 23.8 Å². The van der Waals surface area contributed by atoms with Gasteiger partial charge in [-0.15, -0.1) is 0 Å². The van der Waals surface area contributed by atoms with Crippen molar-refractivity contribution in [1.82, 2.24) is 10.0 Å². The van der Waals surface area contributed by atoms with Crippen molar-refractivity contribution < 1.29 is 22.3 Å². The van der Waals surface area contributed by atoms with Crippen molar-refractivity contribution in [3.63, 3.8) is 0 Å². The number of nitrogens with one attached hydrogen (secondary N) is 2. The average molecular weight is 378 g/mol. The largest absolute Gasteiger partial charge is 0.492 e. The molecule has 26 heavy (non-hydrogen) atoms. The van der Waals surface area contributed by atoms with Gasteiger partial charge in [-0.1, -0.05) is 18.2 Å². The van der Waals surface area contributed by atoms with Crippen molar-refractivity contribution in [1.29, 1.82) is 0 Å². The summed E-state index contributed by atoms with van der Waals surface area (Å²) in [6.45, 7) is 0.485. The summed E-state index contributed by atoms with van der Waals surface area (Å²) in [7, 11) is -3.97. The van der Waals surface area contributed by atoms with E-state index in [2.05, 4.69) is 10.0 Å². The maximum absolute atomic E-state index is 13.9. The summed E-state index contributed by atoms with van der Waals surface area (Å²) in [4.78, 5) is 11.7. The van der Waals surface area contributed by atoms with Crippen LogP contribution in [0, 0.1) is 5.82 Å². The standard InChI is InChI=1S/C18H19FN2O4S/c19-16-9-6-13(12-17(16)26(23,24)21-14-7-8-14)18(22)20-10-11-25-15-4-2-1-3-5-15/h1-6,9,12,14,21H,7-8,10-11H2,(H,20,22). The Hall–Kier alpha value is -2.45.